The minimum atomic E-state index is 0.718. The van der Waals surface area contributed by atoms with E-state index in [0.717, 1.165) is 30.8 Å². The van der Waals surface area contributed by atoms with Crippen LogP contribution in [0.25, 0.3) is 0 Å². The van der Waals surface area contributed by atoms with Crippen molar-refractivity contribution in [1.82, 2.24) is 15.1 Å². The molecule has 1 N–H and O–H groups in total. The summed E-state index contributed by atoms with van der Waals surface area (Å²) in [6.07, 6.45) is 8.00. The smallest absolute Gasteiger partial charge is 0.0521 e. The second-order valence-electron chi connectivity index (χ2n) is 5.36. The van der Waals surface area contributed by atoms with Gasteiger partial charge < -0.3 is 5.32 Å². The highest BCUT2D eigenvalue weighted by atomic mass is 15.2. The second kappa shape index (κ2) is 5.00. The van der Waals surface area contributed by atoms with Crippen LogP contribution in [0.1, 0.15) is 32.3 Å². The molecular weight excluding hydrogens is 198 g/mol. The van der Waals surface area contributed by atoms with Crippen molar-refractivity contribution in [2.75, 3.05) is 6.54 Å². The van der Waals surface area contributed by atoms with Gasteiger partial charge in [0.25, 0.3) is 0 Å². The van der Waals surface area contributed by atoms with Crippen molar-refractivity contribution in [3.8, 4) is 0 Å². The van der Waals surface area contributed by atoms with Crippen LogP contribution in [-0.2, 0) is 13.5 Å². The number of rotatable bonds is 6. The highest BCUT2D eigenvalue weighted by molar-refractivity contribution is 5.04. The molecule has 0 spiro atoms. The lowest BCUT2D eigenvalue weighted by Gasteiger charge is -2.19. The van der Waals surface area contributed by atoms with Crippen molar-refractivity contribution >= 4 is 0 Å². The molecule has 1 aliphatic carbocycles. The maximum atomic E-state index is 4.21. The van der Waals surface area contributed by atoms with Crippen LogP contribution in [0.4, 0.5) is 0 Å². The molecule has 1 aromatic rings. The van der Waals surface area contributed by atoms with E-state index in [4.69, 9.17) is 0 Å². The molecule has 2 unspecified atom stereocenters. The molecule has 16 heavy (non-hydrogen) atoms. The molecule has 90 valence electrons. The standard InChI is InChI=1S/C13H23N3/c1-10(6-12-8-15-16(3)9-12)11(2)7-14-13-4-5-13/h8-11,13-14H,4-7H2,1-3H3. The van der Waals surface area contributed by atoms with Gasteiger partial charge in [0.05, 0.1) is 6.20 Å². The molecule has 0 bridgehead atoms. The van der Waals surface area contributed by atoms with Crippen LogP contribution in [0, 0.1) is 11.8 Å². The predicted molar refractivity (Wildman–Crippen MR) is 66.3 cm³/mol. The van der Waals surface area contributed by atoms with Gasteiger partial charge in [-0.05, 0) is 43.2 Å². The zero-order valence-corrected chi connectivity index (χ0v) is 10.6. The summed E-state index contributed by atoms with van der Waals surface area (Å²) in [7, 11) is 1.98. The molecule has 1 aromatic heterocycles. The summed E-state index contributed by atoms with van der Waals surface area (Å²) in [4.78, 5) is 0. The fourth-order valence-corrected chi connectivity index (χ4v) is 1.99. The zero-order chi connectivity index (χ0) is 11.5. The minimum absolute atomic E-state index is 0.718. The molecule has 0 saturated heterocycles. The average Bonchev–Trinajstić information content (AvgIpc) is 2.99. The van der Waals surface area contributed by atoms with E-state index in [9.17, 15) is 0 Å². The Morgan fingerprint density at radius 1 is 1.44 bits per heavy atom. The van der Waals surface area contributed by atoms with Gasteiger partial charge in [-0.3, -0.25) is 4.68 Å². The Labute approximate surface area is 98.2 Å². The Bertz CT molecular complexity index is 328. The summed E-state index contributed by atoms with van der Waals surface area (Å²) in [6, 6.07) is 0.827. The molecule has 0 amide bonds. The number of aromatic nitrogens is 2. The van der Waals surface area contributed by atoms with E-state index in [1.54, 1.807) is 0 Å². The van der Waals surface area contributed by atoms with Crippen molar-refractivity contribution in [2.24, 2.45) is 18.9 Å². The van der Waals surface area contributed by atoms with Crippen LogP contribution in [0.2, 0.25) is 0 Å². The highest BCUT2D eigenvalue weighted by Gasteiger charge is 2.22. The topological polar surface area (TPSA) is 29.9 Å². The Morgan fingerprint density at radius 3 is 2.75 bits per heavy atom. The molecular formula is C13H23N3. The SMILES string of the molecule is CC(CNC1CC1)C(C)Cc1cnn(C)c1. The lowest BCUT2D eigenvalue weighted by Crippen LogP contribution is -2.27. The van der Waals surface area contributed by atoms with Crippen LogP contribution in [0.15, 0.2) is 12.4 Å². The van der Waals surface area contributed by atoms with E-state index >= 15 is 0 Å². The lowest BCUT2D eigenvalue weighted by molar-refractivity contribution is 0.364. The van der Waals surface area contributed by atoms with Gasteiger partial charge >= 0.3 is 0 Å². The molecule has 3 heteroatoms. The first-order valence-electron chi connectivity index (χ1n) is 6.36. The lowest BCUT2D eigenvalue weighted by atomic mass is 9.90. The van der Waals surface area contributed by atoms with Gasteiger partial charge in [0, 0.05) is 19.3 Å². The molecule has 0 aliphatic heterocycles. The van der Waals surface area contributed by atoms with E-state index in [1.165, 1.54) is 18.4 Å². The van der Waals surface area contributed by atoms with Crippen LogP contribution in [0.5, 0.6) is 0 Å². The van der Waals surface area contributed by atoms with E-state index in [2.05, 4.69) is 30.5 Å². The Kier molecular flexibility index (Phi) is 3.64. The summed E-state index contributed by atoms with van der Waals surface area (Å²) >= 11 is 0. The summed E-state index contributed by atoms with van der Waals surface area (Å²) < 4.78 is 1.88. The van der Waals surface area contributed by atoms with Crippen molar-refractivity contribution in [3.63, 3.8) is 0 Å². The van der Waals surface area contributed by atoms with Gasteiger partial charge in [-0.15, -0.1) is 0 Å². The first-order chi connectivity index (χ1) is 7.65. The normalized spacial score (nSPS) is 19.7. The van der Waals surface area contributed by atoms with Crippen molar-refractivity contribution in [1.29, 1.82) is 0 Å². The van der Waals surface area contributed by atoms with Crippen molar-refractivity contribution in [3.05, 3.63) is 18.0 Å². The van der Waals surface area contributed by atoms with Gasteiger partial charge in [-0.2, -0.15) is 5.10 Å². The molecule has 0 aromatic carbocycles. The number of hydrogen-bond donors (Lipinski definition) is 1. The molecule has 1 aliphatic rings. The van der Waals surface area contributed by atoms with Crippen LogP contribution < -0.4 is 5.32 Å². The number of nitrogens with one attached hydrogen (secondary N) is 1. The monoisotopic (exact) mass is 221 g/mol. The Hall–Kier alpha value is -0.830. The maximum absolute atomic E-state index is 4.21. The zero-order valence-electron chi connectivity index (χ0n) is 10.6. The third kappa shape index (κ3) is 3.34. The quantitative estimate of drug-likeness (QED) is 0.796. The van der Waals surface area contributed by atoms with Gasteiger partial charge in [0.1, 0.15) is 0 Å². The predicted octanol–water partition coefficient (Wildman–Crippen LogP) is 1.99. The molecule has 2 atom stereocenters. The molecule has 2 rings (SSSR count). The molecule has 0 radical (unpaired) electrons. The summed E-state index contributed by atoms with van der Waals surface area (Å²) in [5.74, 6) is 1.45. The van der Waals surface area contributed by atoms with Gasteiger partial charge in [-0.25, -0.2) is 0 Å². The maximum Gasteiger partial charge on any atom is 0.0521 e. The van der Waals surface area contributed by atoms with Gasteiger partial charge in [0.2, 0.25) is 0 Å². The average molecular weight is 221 g/mol. The third-order valence-corrected chi connectivity index (χ3v) is 3.59. The van der Waals surface area contributed by atoms with Crippen molar-refractivity contribution in [2.45, 2.75) is 39.2 Å². The number of hydrogen-bond acceptors (Lipinski definition) is 2. The summed E-state index contributed by atoms with van der Waals surface area (Å²) in [5, 5.41) is 7.82. The van der Waals surface area contributed by atoms with E-state index in [0.29, 0.717) is 0 Å². The van der Waals surface area contributed by atoms with E-state index in [1.807, 2.05) is 17.9 Å². The van der Waals surface area contributed by atoms with Gasteiger partial charge in [-0.1, -0.05) is 13.8 Å². The molecule has 1 saturated carbocycles. The van der Waals surface area contributed by atoms with E-state index in [-0.39, 0.29) is 0 Å². The first kappa shape index (κ1) is 11.6. The van der Waals surface area contributed by atoms with Crippen molar-refractivity contribution < 1.29 is 0 Å². The fourth-order valence-electron chi connectivity index (χ4n) is 1.99. The molecule has 1 fully saturated rings. The van der Waals surface area contributed by atoms with Crippen LogP contribution in [0.3, 0.4) is 0 Å². The minimum Gasteiger partial charge on any atom is -0.314 e. The number of aryl methyl sites for hydroxylation is 1. The summed E-state index contributed by atoms with van der Waals surface area (Å²) in [5.41, 5.74) is 1.35. The fraction of sp³-hybridized carbons (Fsp3) is 0.769. The van der Waals surface area contributed by atoms with Crippen LogP contribution in [-0.4, -0.2) is 22.4 Å². The highest BCUT2D eigenvalue weighted by Crippen LogP contribution is 2.21. The first-order valence-corrected chi connectivity index (χ1v) is 6.36. The third-order valence-electron chi connectivity index (χ3n) is 3.59. The van der Waals surface area contributed by atoms with Gasteiger partial charge in [0.15, 0.2) is 0 Å². The summed E-state index contributed by atoms with van der Waals surface area (Å²) in [6.45, 7) is 5.84. The Balaban J connectivity index is 1.74. The largest absolute Gasteiger partial charge is 0.314 e. The Morgan fingerprint density at radius 2 is 2.19 bits per heavy atom. The van der Waals surface area contributed by atoms with Crippen LogP contribution >= 0.6 is 0 Å². The molecule has 1 heterocycles. The second-order valence-corrected chi connectivity index (χ2v) is 5.36. The number of nitrogens with zero attached hydrogens (tertiary/aromatic N) is 2. The van der Waals surface area contributed by atoms with E-state index < -0.39 is 0 Å². The molecule has 3 nitrogen and oxygen atoms in total.